The molecule has 0 radical (unpaired) electrons. The lowest BCUT2D eigenvalue weighted by Gasteiger charge is -2.35. The SMILES string of the molecule is COc1ccccc1C(C)(CO)NC1CCCCCC1. The van der Waals surface area contributed by atoms with Gasteiger partial charge in [-0.25, -0.2) is 0 Å². The van der Waals surface area contributed by atoms with E-state index in [-0.39, 0.29) is 6.61 Å². The maximum Gasteiger partial charge on any atom is 0.123 e. The minimum absolute atomic E-state index is 0.0733. The fourth-order valence-electron chi connectivity index (χ4n) is 3.18. The van der Waals surface area contributed by atoms with Crippen LogP contribution in [0.4, 0.5) is 0 Å². The molecule has 0 saturated heterocycles. The van der Waals surface area contributed by atoms with E-state index in [1.54, 1.807) is 7.11 Å². The highest BCUT2D eigenvalue weighted by Gasteiger charge is 2.31. The molecule has 1 saturated carbocycles. The molecule has 2 rings (SSSR count). The molecule has 0 heterocycles. The monoisotopic (exact) mass is 277 g/mol. The molecule has 0 spiro atoms. The molecule has 1 atom stereocenters. The summed E-state index contributed by atoms with van der Waals surface area (Å²) in [7, 11) is 1.68. The van der Waals surface area contributed by atoms with Crippen LogP contribution < -0.4 is 10.1 Å². The second kappa shape index (κ2) is 7.09. The summed E-state index contributed by atoms with van der Waals surface area (Å²) < 4.78 is 5.46. The summed E-state index contributed by atoms with van der Waals surface area (Å²) >= 11 is 0. The first kappa shape index (κ1) is 15.3. The fourth-order valence-corrected chi connectivity index (χ4v) is 3.18. The van der Waals surface area contributed by atoms with Crippen LogP contribution in [0.5, 0.6) is 5.75 Å². The van der Waals surface area contributed by atoms with Gasteiger partial charge in [0.25, 0.3) is 0 Å². The minimum Gasteiger partial charge on any atom is -0.496 e. The predicted molar refractivity (Wildman–Crippen MR) is 82.1 cm³/mol. The van der Waals surface area contributed by atoms with Crippen LogP contribution in [-0.2, 0) is 5.54 Å². The van der Waals surface area contributed by atoms with Crippen molar-refractivity contribution in [3.05, 3.63) is 29.8 Å². The van der Waals surface area contributed by atoms with Crippen LogP contribution in [0.1, 0.15) is 51.0 Å². The minimum atomic E-state index is -0.443. The molecule has 0 aromatic heterocycles. The van der Waals surface area contributed by atoms with Gasteiger partial charge in [-0.05, 0) is 25.8 Å². The Morgan fingerprint density at radius 2 is 1.85 bits per heavy atom. The Labute approximate surface area is 122 Å². The predicted octanol–water partition coefficient (Wildman–Crippen LogP) is 3.22. The van der Waals surface area contributed by atoms with Crippen molar-refractivity contribution in [2.24, 2.45) is 0 Å². The molecule has 1 unspecified atom stereocenters. The van der Waals surface area contributed by atoms with Crippen LogP contribution in [-0.4, -0.2) is 24.9 Å². The number of nitrogens with one attached hydrogen (secondary N) is 1. The van der Waals surface area contributed by atoms with Crippen LogP contribution >= 0.6 is 0 Å². The highest BCUT2D eigenvalue weighted by molar-refractivity contribution is 5.39. The first-order valence-corrected chi connectivity index (χ1v) is 7.71. The molecule has 1 aliphatic rings. The summed E-state index contributed by atoms with van der Waals surface area (Å²) in [6, 6.07) is 8.45. The third-order valence-corrected chi connectivity index (χ3v) is 4.40. The summed E-state index contributed by atoms with van der Waals surface area (Å²) in [5, 5.41) is 13.6. The van der Waals surface area contributed by atoms with Gasteiger partial charge in [-0.15, -0.1) is 0 Å². The molecule has 20 heavy (non-hydrogen) atoms. The molecule has 112 valence electrons. The van der Waals surface area contributed by atoms with E-state index in [2.05, 4.69) is 12.2 Å². The topological polar surface area (TPSA) is 41.5 Å². The van der Waals surface area contributed by atoms with E-state index in [1.165, 1.54) is 38.5 Å². The van der Waals surface area contributed by atoms with Gasteiger partial charge in [0.15, 0.2) is 0 Å². The van der Waals surface area contributed by atoms with Crippen LogP contribution in [0, 0.1) is 0 Å². The normalized spacial score (nSPS) is 20.1. The highest BCUT2D eigenvalue weighted by atomic mass is 16.5. The number of para-hydroxylation sites is 1. The quantitative estimate of drug-likeness (QED) is 0.812. The Morgan fingerprint density at radius 3 is 2.45 bits per heavy atom. The van der Waals surface area contributed by atoms with Crippen molar-refractivity contribution in [1.82, 2.24) is 5.32 Å². The van der Waals surface area contributed by atoms with Gasteiger partial charge in [0.1, 0.15) is 5.75 Å². The van der Waals surface area contributed by atoms with Crippen molar-refractivity contribution in [1.29, 1.82) is 0 Å². The lowest BCUT2D eigenvalue weighted by molar-refractivity contribution is 0.154. The van der Waals surface area contributed by atoms with Crippen molar-refractivity contribution < 1.29 is 9.84 Å². The van der Waals surface area contributed by atoms with Crippen molar-refractivity contribution >= 4 is 0 Å². The zero-order chi connectivity index (χ0) is 14.4. The fraction of sp³-hybridized carbons (Fsp3) is 0.647. The van der Waals surface area contributed by atoms with Gasteiger partial charge < -0.3 is 15.2 Å². The Bertz CT molecular complexity index is 413. The maximum atomic E-state index is 9.94. The van der Waals surface area contributed by atoms with E-state index in [0.29, 0.717) is 6.04 Å². The lowest BCUT2D eigenvalue weighted by Crippen LogP contribution is -2.48. The Kier molecular flexibility index (Phi) is 5.44. The van der Waals surface area contributed by atoms with E-state index in [0.717, 1.165) is 11.3 Å². The first-order valence-electron chi connectivity index (χ1n) is 7.71. The van der Waals surface area contributed by atoms with E-state index in [9.17, 15) is 5.11 Å². The standard InChI is InChI=1S/C17H27NO2/c1-17(13-19,15-11-7-8-12-16(15)20-2)18-14-9-5-3-4-6-10-14/h7-8,11-12,14,18-19H,3-6,9-10,13H2,1-2H3. The second-order valence-electron chi connectivity index (χ2n) is 6.02. The number of methoxy groups -OCH3 is 1. The van der Waals surface area contributed by atoms with Gasteiger partial charge in [0, 0.05) is 11.6 Å². The number of rotatable bonds is 5. The van der Waals surface area contributed by atoms with Gasteiger partial charge in [-0.2, -0.15) is 0 Å². The zero-order valence-electron chi connectivity index (χ0n) is 12.7. The molecule has 1 fully saturated rings. The maximum absolute atomic E-state index is 9.94. The molecular weight excluding hydrogens is 250 g/mol. The third-order valence-electron chi connectivity index (χ3n) is 4.40. The molecule has 1 aromatic carbocycles. The smallest absolute Gasteiger partial charge is 0.123 e. The summed E-state index contributed by atoms with van der Waals surface area (Å²) in [6.07, 6.45) is 7.64. The number of aliphatic hydroxyl groups excluding tert-OH is 1. The van der Waals surface area contributed by atoms with Crippen molar-refractivity contribution in [3.63, 3.8) is 0 Å². The number of hydrogen-bond acceptors (Lipinski definition) is 3. The number of aliphatic hydroxyl groups is 1. The van der Waals surface area contributed by atoms with Crippen molar-refractivity contribution in [2.75, 3.05) is 13.7 Å². The molecular formula is C17H27NO2. The number of hydrogen-bond donors (Lipinski definition) is 2. The Hall–Kier alpha value is -1.06. The largest absolute Gasteiger partial charge is 0.496 e. The van der Waals surface area contributed by atoms with Gasteiger partial charge in [0.2, 0.25) is 0 Å². The van der Waals surface area contributed by atoms with Crippen LogP contribution in [0.15, 0.2) is 24.3 Å². The lowest BCUT2D eigenvalue weighted by atomic mass is 9.90. The second-order valence-corrected chi connectivity index (χ2v) is 6.02. The molecule has 1 aromatic rings. The Morgan fingerprint density at radius 1 is 1.20 bits per heavy atom. The summed E-state index contributed by atoms with van der Waals surface area (Å²) in [5.74, 6) is 0.838. The van der Waals surface area contributed by atoms with Crippen LogP contribution in [0.3, 0.4) is 0 Å². The molecule has 0 amide bonds. The summed E-state index contributed by atoms with van der Waals surface area (Å²) in [6.45, 7) is 2.14. The summed E-state index contributed by atoms with van der Waals surface area (Å²) in [4.78, 5) is 0. The van der Waals surface area contributed by atoms with Crippen LogP contribution in [0.2, 0.25) is 0 Å². The van der Waals surface area contributed by atoms with Crippen LogP contribution in [0.25, 0.3) is 0 Å². The average molecular weight is 277 g/mol. The van der Waals surface area contributed by atoms with E-state index >= 15 is 0 Å². The summed E-state index contributed by atoms with van der Waals surface area (Å²) in [5.41, 5.74) is 0.593. The van der Waals surface area contributed by atoms with E-state index < -0.39 is 5.54 Å². The Balaban J connectivity index is 2.18. The first-order chi connectivity index (χ1) is 9.69. The van der Waals surface area contributed by atoms with E-state index in [4.69, 9.17) is 4.74 Å². The van der Waals surface area contributed by atoms with Gasteiger partial charge in [0.05, 0.1) is 19.3 Å². The molecule has 3 nitrogen and oxygen atoms in total. The molecule has 2 N–H and O–H groups in total. The number of ether oxygens (including phenoxy) is 1. The van der Waals surface area contributed by atoms with Gasteiger partial charge in [-0.1, -0.05) is 43.9 Å². The third kappa shape index (κ3) is 3.53. The average Bonchev–Trinajstić information content (AvgIpc) is 2.75. The molecule has 0 bridgehead atoms. The highest BCUT2D eigenvalue weighted by Crippen LogP contribution is 2.31. The van der Waals surface area contributed by atoms with Gasteiger partial charge in [-0.3, -0.25) is 0 Å². The molecule has 0 aliphatic heterocycles. The van der Waals surface area contributed by atoms with E-state index in [1.807, 2.05) is 24.3 Å². The molecule has 1 aliphatic carbocycles. The van der Waals surface area contributed by atoms with Crippen molar-refractivity contribution in [3.8, 4) is 5.75 Å². The van der Waals surface area contributed by atoms with Gasteiger partial charge >= 0.3 is 0 Å². The van der Waals surface area contributed by atoms with Crippen molar-refractivity contribution in [2.45, 2.75) is 57.0 Å². The number of benzene rings is 1. The zero-order valence-corrected chi connectivity index (χ0v) is 12.7. The molecule has 3 heteroatoms.